The average molecular weight is 571 g/mol. The molecule has 0 radical (unpaired) electrons. The number of anilines is 1. The van der Waals surface area contributed by atoms with Gasteiger partial charge in [0.05, 0.1) is 11.9 Å². The molecule has 0 aliphatic carbocycles. The van der Waals surface area contributed by atoms with Crippen LogP contribution >= 0.6 is 23.2 Å². The van der Waals surface area contributed by atoms with Gasteiger partial charge >= 0.3 is 0 Å². The van der Waals surface area contributed by atoms with Crippen molar-refractivity contribution in [1.29, 1.82) is 0 Å². The molecule has 1 N–H and O–H groups in total. The van der Waals surface area contributed by atoms with Crippen LogP contribution in [0.1, 0.15) is 56.7 Å². The van der Waals surface area contributed by atoms with Gasteiger partial charge in [0.15, 0.2) is 0 Å². The summed E-state index contributed by atoms with van der Waals surface area (Å²) < 4.78 is 26.5. The molecule has 1 atom stereocenters. The predicted octanol–water partition coefficient (Wildman–Crippen LogP) is 5.49. The predicted molar refractivity (Wildman–Crippen MR) is 152 cm³/mol. The highest BCUT2D eigenvalue weighted by Gasteiger charge is 2.29. The molecule has 10 heteroatoms. The van der Waals surface area contributed by atoms with E-state index in [-0.39, 0.29) is 43.8 Å². The summed E-state index contributed by atoms with van der Waals surface area (Å²) >= 11 is 12.4. The van der Waals surface area contributed by atoms with Gasteiger partial charge in [-0.25, -0.2) is 8.42 Å². The Kier molecular flexibility index (Phi) is 11.3. The number of nitrogens with one attached hydrogen (secondary N) is 1. The quantitative estimate of drug-likeness (QED) is 0.366. The van der Waals surface area contributed by atoms with Crippen LogP contribution in [0, 0.1) is 13.8 Å². The van der Waals surface area contributed by atoms with E-state index in [1.807, 2.05) is 52.8 Å². The molecule has 0 fully saturated rings. The monoisotopic (exact) mass is 569 g/mol. The van der Waals surface area contributed by atoms with Crippen molar-refractivity contribution in [3.63, 3.8) is 0 Å². The van der Waals surface area contributed by atoms with Gasteiger partial charge in [0, 0.05) is 35.6 Å². The van der Waals surface area contributed by atoms with E-state index in [0.717, 1.165) is 17.4 Å². The second-order valence-corrected chi connectivity index (χ2v) is 12.4. The first-order valence-electron chi connectivity index (χ1n) is 12.3. The van der Waals surface area contributed by atoms with E-state index < -0.39 is 16.1 Å². The van der Waals surface area contributed by atoms with E-state index in [0.29, 0.717) is 27.7 Å². The fourth-order valence-electron chi connectivity index (χ4n) is 4.23. The Balaban J connectivity index is 2.28. The highest BCUT2D eigenvalue weighted by Crippen LogP contribution is 2.25. The van der Waals surface area contributed by atoms with Crippen molar-refractivity contribution in [3.05, 3.63) is 63.1 Å². The van der Waals surface area contributed by atoms with Gasteiger partial charge in [-0.05, 0) is 81.5 Å². The molecule has 2 aromatic rings. The number of sulfonamides is 1. The van der Waals surface area contributed by atoms with Gasteiger partial charge in [-0.15, -0.1) is 0 Å². The smallest absolute Gasteiger partial charge is 0.243 e. The summed E-state index contributed by atoms with van der Waals surface area (Å²) in [5.74, 6) is -0.505. The third kappa shape index (κ3) is 9.20. The molecule has 2 rings (SSSR count). The molecule has 0 heterocycles. The molecule has 0 aromatic heterocycles. The number of carbonyl (C=O) groups is 2. The minimum absolute atomic E-state index is 0.0630. The van der Waals surface area contributed by atoms with Gasteiger partial charge in [0.25, 0.3) is 0 Å². The maximum Gasteiger partial charge on any atom is 0.243 e. The van der Waals surface area contributed by atoms with Gasteiger partial charge in [-0.3, -0.25) is 13.9 Å². The van der Waals surface area contributed by atoms with Gasteiger partial charge in [0.2, 0.25) is 21.8 Å². The third-order valence-electron chi connectivity index (χ3n) is 5.82. The molecule has 2 amide bonds. The Morgan fingerprint density at radius 1 is 1.03 bits per heavy atom. The highest BCUT2D eigenvalue weighted by atomic mass is 35.5. The number of halogens is 2. The Bertz CT molecular complexity index is 1200. The average Bonchev–Trinajstić information content (AvgIpc) is 2.75. The van der Waals surface area contributed by atoms with E-state index >= 15 is 0 Å². The van der Waals surface area contributed by atoms with E-state index in [9.17, 15) is 18.0 Å². The van der Waals surface area contributed by atoms with Gasteiger partial charge < -0.3 is 10.2 Å². The molecular formula is C27H37Cl2N3O4S. The molecule has 204 valence electrons. The molecule has 37 heavy (non-hydrogen) atoms. The number of aryl methyl sites for hydroxylation is 2. The van der Waals surface area contributed by atoms with Gasteiger partial charge in [-0.1, -0.05) is 42.3 Å². The normalized spacial score (nSPS) is 12.4. The lowest BCUT2D eigenvalue weighted by molar-refractivity contribution is -0.141. The molecular weight excluding hydrogens is 533 g/mol. The Morgan fingerprint density at radius 2 is 1.65 bits per heavy atom. The van der Waals surface area contributed by atoms with Crippen molar-refractivity contribution in [2.24, 2.45) is 0 Å². The van der Waals surface area contributed by atoms with E-state index in [4.69, 9.17) is 23.2 Å². The van der Waals surface area contributed by atoms with Crippen molar-refractivity contribution < 1.29 is 18.0 Å². The Morgan fingerprint density at radius 3 is 2.16 bits per heavy atom. The number of rotatable bonds is 12. The van der Waals surface area contributed by atoms with Crippen LogP contribution in [0.4, 0.5) is 5.69 Å². The van der Waals surface area contributed by atoms with Gasteiger partial charge in [-0.2, -0.15) is 0 Å². The number of amides is 2. The van der Waals surface area contributed by atoms with Crippen LogP contribution in [-0.2, 0) is 26.2 Å². The minimum Gasteiger partial charge on any atom is -0.352 e. The molecule has 0 aliphatic rings. The van der Waals surface area contributed by atoms with Crippen molar-refractivity contribution in [2.45, 2.75) is 72.5 Å². The Labute approximate surface area is 231 Å². The topological polar surface area (TPSA) is 86.8 Å². The molecule has 0 spiro atoms. The molecule has 0 bridgehead atoms. The van der Waals surface area contributed by atoms with Crippen LogP contribution in [0.2, 0.25) is 10.0 Å². The zero-order valence-corrected chi connectivity index (χ0v) is 24.7. The van der Waals surface area contributed by atoms with Crippen LogP contribution < -0.4 is 9.62 Å². The van der Waals surface area contributed by atoms with Crippen molar-refractivity contribution in [3.8, 4) is 0 Å². The lowest BCUT2D eigenvalue weighted by Crippen LogP contribution is -2.50. The zero-order valence-electron chi connectivity index (χ0n) is 22.3. The third-order valence-corrected chi connectivity index (χ3v) is 7.60. The fraction of sp³-hybridized carbons (Fsp3) is 0.481. The van der Waals surface area contributed by atoms with Crippen LogP contribution in [0.25, 0.3) is 0 Å². The van der Waals surface area contributed by atoms with Crippen LogP contribution in [0.15, 0.2) is 36.4 Å². The molecule has 0 saturated heterocycles. The number of hydrogen-bond donors (Lipinski definition) is 1. The zero-order chi connectivity index (χ0) is 27.9. The molecule has 2 aromatic carbocycles. The summed E-state index contributed by atoms with van der Waals surface area (Å²) in [4.78, 5) is 28.0. The van der Waals surface area contributed by atoms with Crippen molar-refractivity contribution >= 4 is 50.7 Å². The van der Waals surface area contributed by atoms with E-state index in [1.54, 1.807) is 18.2 Å². The Hall–Kier alpha value is -2.29. The maximum absolute atomic E-state index is 13.5. The number of benzene rings is 2. The molecule has 0 saturated carbocycles. The summed E-state index contributed by atoms with van der Waals surface area (Å²) in [5, 5.41) is 3.77. The van der Waals surface area contributed by atoms with Crippen molar-refractivity contribution in [1.82, 2.24) is 10.2 Å². The summed E-state index contributed by atoms with van der Waals surface area (Å²) in [5.41, 5.74) is 3.14. The summed E-state index contributed by atoms with van der Waals surface area (Å²) in [6.07, 6.45) is 1.91. The summed E-state index contributed by atoms with van der Waals surface area (Å²) in [7, 11) is -3.56. The van der Waals surface area contributed by atoms with Crippen LogP contribution in [0.5, 0.6) is 0 Å². The number of carbonyl (C=O) groups excluding carboxylic acids is 2. The largest absolute Gasteiger partial charge is 0.352 e. The van der Waals surface area contributed by atoms with Gasteiger partial charge in [0.1, 0.15) is 6.04 Å². The number of nitrogens with zero attached hydrogens (tertiary/aromatic N) is 2. The second kappa shape index (κ2) is 13.5. The van der Waals surface area contributed by atoms with Crippen molar-refractivity contribution in [2.75, 3.05) is 17.1 Å². The minimum atomic E-state index is -3.56. The standard InChI is InChI=1S/C27H37Cl2N3O4S/c1-7-25(27(34)30-18(2)3)31(17-21-10-11-22(28)16-24(21)29)26(33)9-8-12-32(37(6,35)36)23-14-19(4)13-20(5)15-23/h10-11,13-16,18,25H,7-9,12,17H2,1-6H3,(H,30,34)/t25-/m1/s1. The molecule has 0 unspecified atom stereocenters. The van der Waals surface area contributed by atoms with Crippen LogP contribution in [-0.4, -0.2) is 50.0 Å². The number of hydrogen-bond acceptors (Lipinski definition) is 4. The first kappa shape index (κ1) is 30.9. The lowest BCUT2D eigenvalue weighted by atomic mass is 10.1. The SMILES string of the molecule is CC[C@H](C(=O)NC(C)C)N(Cc1ccc(Cl)cc1Cl)C(=O)CCCN(c1cc(C)cc(C)c1)S(C)(=O)=O. The lowest BCUT2D eigenvalue weighted by Gasteiger charge is -2.32. The summed E-state index contributed by atoms with van der Waals surface area (Å²) in [6.45, 7) is 9.66. The fourth-order valence-corrected chi connectivity index (χ4v) is 5.65. The second-order valence-electron chi connectivity index (χ2n) is 9.63. The first-order chi connectivity index (χ1) is 17.2. The van der Waals surface area contributed by atoms with E-state index in [1.165, 1.54) is 9.21 Å². The molecule has 7 nitrogen and oxygen atoms in total. The van der Waals surface area contributed by atoms with E-state index in [2.05, 4.69) is 5.32 Å². The summed E-state index contributed by atoms with van der Waals surface area (Å²) in [6, 6.07) is 9.84. The highest BCUT2D eigenvalue weighted by molar-refractivity contribution is 7.92. The first-order valence-corrected chi connectivity index (χ1v) is 14.9. The maximum atomic E-state index is 13.5. The van der Waals surface area contributed by atoms with Crippen LogP contribution in [0.3, 0.4) is 0 Å². The molecule has 0 aliphatic heterocycles.